The number of hydrogen-bond acceptors (Lipinski definition) is 4. The molecule has 0 spiro atoms. The Morgan fingerprint density at radius 2 is 2.43 bits per heavy atom. The molecule has 0 aromatic heterocycles. The van der Waals surface area contributed by atoms with Crippen LogP contribution in [0.1, 0.15) is 20.3 Å². The number of esters is 1. The topological polar surface area (TPSA) is 47.9 Å². The van der Waals surface area contributed by atoms with Crippen molar-refractivity contribution in [2.75, 3.05) is 13.7 Å². The van der Waals surface area contributed by atoms with E-state index < -0.39 is 0 Å². The summed E-state index contributed by atoms with van der Waals surface area (Å²) >= 11 is 0. The highest BCUT2D eigenvalue weighted by Gasteiger charge is 2.33. The van der Waals surface area contributed by atoms with E-state index in [2.05, 4.69) is 4.99 Å². The highest BCUT2D eigenvalue weighted by atomic mass is 16.5. The van der Waals surface area contributed by atoms with Gasteiger partial charge in [0.05, 0.1) is 24.7 Å². The van der Waals surface area contributed by atoms with E-state index in [1.807, 2.05) is 13.1 Å². The van der Waals surface area contributed by atoms with Gasteiger partial charge in [-0.1, -0.05) is 0 Å². The molecule has 80 valence electrons. The number of nitrogens with zero attached hydrogens (tertiary/aromatic N) is 1. The van der Waals surface area contributed by atoms with Crippen molar-refractivity contribution in [3.05, 3.63) is 0 Å². The van der Waals surface area contributed by atoms with E-state index in [0.29, 0.717) is 6.61 Å². The Hall–Kier alpha value is -0.900. The van der Waals surface area contributed by atoms with Crippen LogP contribution in [0.5, 0.6) is 0 Å². The second-order valence-electron chi connectivity index (χ2n) is 3.37. The Labute approximate surface area is 84.3 Å². The SMILES string of the molecule is CCOC(=O)[C@@H](C)[C@H]1N=CC[C@@H]1OC. The fraction of sp³-hybridized carbons (Fsp3) is 0.800. The molecule has 0 saturated heterocycles. The van der Waals surface area contributed by atoms with Crippen molar-refractivity contribution in [2.45, 2.75) is 32.4 Å². The zero-order valence-electron chi connectivity index (χ0n) is 8.90. The van der Waals surface area contributed by atoms with E-state index in [0.717, 1.165) is 6.42 Å². The van der Waals surface area contributed by atoms with E-state index in [4.69, 9.17) is 9.47 Å². The molecule has 0 aliphatic carbocycles. The Bertz CT molecular complexity index is 227. The predicted molar refractivity (Wildman–Crippen MR) is 53.5 cm³/mol. The number of hydrogen-bond donors (Lipinski definition) is 0. The van der Waals surface area contributed by atoms with Crippen LogP contribution in [0.2, 0.25) is 0 Å². The summed E-state index contributed by atoms with van der Waals surface area (Å²) in [5, 5.41) is 0. The maximum Gasteiger partial charge on any atom is 0.310 e. The molecule has 0 amide bonds. The second kappa shape index (κ2) is 5.10. The Balaban J connectivity index is 2.54. The average molecular weight is 199 g/mol. The summed E-state index contributed by atoms with van der Waals surface area (Å²) in [6, 6.07) is -0.0842. The fourth-order valence-corrected chi connectivity index (χ4v) is 1.62. The first-order valence-electron chi connectivity index (χ1n) is 4.91. The summed E-state index contributed by atoms with van der Waals surface area (Å²) in [7, 11) is 1.64. The molecule has 4 heteroatoms. The summed E-state index contributed by atoms with van der Waals surface area (Å²) in [6.45, 7) is 4.05. The van der Waals surface area contributed by atoms with Crippen LogP contribution in [0.15, 0.2) is 4.99 Å². The van der Waals surface area contributed by atoms with Gasteiger partial charge in [-0.15, -0.1) is 0 Å². The highest BCUT2D eigenvalue weighted by molar-refractivity contribution is 5.74. The van der Waals surface area contributed by atoms with Crippen molar-refractivity contribution < 1.29 is 14.3 Å². The third-order valence-electron chi connectivity index (χ3n) is 2.47. The highest BCUT2D eigenvalue weighted by Crippen LogP contribution is 2.21. The number of rotatable bonds is 4. The molecule has 1 aliphatic heterocycles. The smallest absolute Gasteiger partial charge is 0.310 e. The standard InChI is InChI=1S/C10H17NO3/c1-4-14-10(12)7(2)9-8(13-3)5-6-11-9/h6-9H,4-5H2,1-3H3/t7-,8-,9+/m0/s1. The molecule has 0 N–H and O–H groups in total. The molecular formula is C10H17NO3. The lowest BCUT2D eigenvalue weighted by molar-refractivity contribution is -0.149. The minimum Gasteiger partial charge on any atom is -0.466 e. The molecule has 0 radical (unpaired) electrons. The van der Waals surface area contributed by atoms with Gasteiger partial charge in [0.2, 0.25) is 0 Å². The Morgan fingerprint density at radius 3 is 3.00 bits per heavy atom. The zero-order chi connectivity index (χ0) is 10.6. The van der Waals surface area contributed by atoms with Crippen molar-refractivity contribution >= 4 is 12.2 Å². The van der Waals surface area contributed by atoms with Gasteiger partial charge in [-0.25, -0.2) is 0 Å². The van der Waals surface area contributed by atoms with Gasteiger partial charge in [-0.3, -0.25) is 9.79 Å². The van der Waals surface area contributed by atoms with E-state index in [1.165, 1.54) is 0 Å². The van der Waals surface area contributed by atoms with E-state index in [-0.39, 0.29) is 24.0 Å². The van der Waals surface area contributed by atoms with Gasteiger partial charge >= 0.3 is 5.97 Å². The molecule has 1 aliphatic rings. The monoisotopic (exact) mass is 199 g/mol. The van der Waals surface area contributed by atoms with Crippen LogP contribution in [0.4, 0.5) is 0 Å². The maximum absolute atomic E-state index is 11.4. The summed E-state index contributed by atoms with van der Waals surface area (Å²) in [4.78, 5) is 15.7. The molecule has 0 unspecified atom stereocenters. The van der Waals surface area contributed by atoms with Crippen molar-refractivity contribution in [2.24, 2.45) is 10.9 Å². The number of ether oxygens (including phenoxy) is 2. The first kappa shape index (κ1) is 11.2. The summed E-state index contributed by atoms with van der Waals surface area (Å²) < 4.78 is 10.2. The third kappa shape index (κ3) is 2.32. The van der Waals surface area contributed by atoms with Gasteiger partial charge in [0.25, 0.3) is 0 Å². The molecule has 0 saturated carbocycles. The molecule has 0 bridgehead atoms. The first-order chi connectivity index (χ1) is 6.70. The minimum atomic E-state index is -0.223. The first-order valence-corrected chi connectivity index (χ1v) is 4.91. The van der Waals surface area contributed by atoms with Crippen LogP contribution < -0.4 is 0 Å². The predicted octanol–water partition coefficient (Wildman–Crippen LogP) is 1.04. The molecule has 4 nitrogen and oxygen atoms in total. The molecule has 14 heavy (non-hydrogen) atoms. The average Bonchev–Trinajstić information content (AvgIpc) is 2.64. The Morgan fingerprint density at radius 1 is 1.71 bits per heavy atom. The second-order valence-corrected chi connectivity index (χ2v) is 3.37. The van der Waals surface area contributed by atoms with Gasteiger partial charge in [0.15, 0.2) is 0 Å². The lowest BCUT2D eigenvalue weighted by Crippen LogP contribution is -2.34. The number of aliphatic imine (C=N–C) groups is 1. The van der Waals surface area contributed by atoms with Crippen LogP contribution in [0.25, 0.3) is 0 Å². The van der Waals surface area contributed by atoms with Crippen LogP contribution in [-0.4, -0.2) is 38.0 Å². The van der Waals surface area contributed by atoms with E-state index in [9.17, 15) is 4.79 Å². The van der Waals surface area contributed by atoms with Crippen molar-refractivity contribution in [3.8, 4) is 0 Å². The number of methoxy groups -OCH3 is 1. The molecule has 1 heterocycles. The summed E-state index contributed by atoms with van der Waals surface area (Å²) in [5.74, 6) is -0.419. The minimum absolute atomic E-state index is 0.0226. The van der Waals surface area contributed by atoms with Crippen molar-refractivity contribution in [1.29, 1.82) is 0 Å². The largest absolute Gasteiger partial charge is 0.466 e. The van der Waals surface area contributed by atoms with Gasteiger partial charge in [0, 0.05) is 19.7 Å². The molecule has 0 fully saturated rings. The van der Waals surface area contributed by atoms with E-state index >= 15 is 0 Å². The lowest BCUT2D eigenvalue weighted by atomic mass is 9.98. The number of carbonyl (C=O) groups excluding carboxylic acids is 1. The summed E-state index contributed by atoms with van der Waals surface area (Å²) in [6.07, 6.45) is 2.62. The summed E-state index contributed by atoms with van der Waals surface area (Å²) in [5.41, 5.74) is 0. The molecular weight excluding hydrogens is 182 g/mol. The fourth-order valence-electron chi connectivity index (χ4n) is 1.62. The maximum atomic E-state index is 11.4. The molecule has 3 atom stereocenters. The van der Waals surface area contributed by atoms with Gasteiger partial charge in [0.1, 0.15) is 0 Å². The van der Waals surface area contributed by atoms with Crippen LogP contribution in [0.3, 0.4) is 0 Å². The van der Waals surface area contributed by atoms with Gasteiger partial charge in [-0.2, -0.15) is 0 Å². The van der Waals surface area contributed by atoms with Crippen LogP contribution >= 0.6 is 0 Å². The quantitative estimate of drug-likeness (QED) is 0.636. The van der Waals surface area contributed by atoms with Crippen molar-refractivity contribution in [1.82, 2.24) is 0 Å². The van der Waals surface area contributed by atoms with Crippen molar-refractivity contribution in [3.63, 3.8) is 0 Å². The molecule has 0 aromatic rings. The molecule has 0 aromatic carbocycles. The van der Waals surface area contributed by atoms with Gasteiger partial charge < -0.3 is 9.47 Å². The van der Waals surface area contributed by atoms with E-state index in [1.54, 1.807) is 14.0 Å². The third-order valence-corrected chi connectivity index (χ3v) is 2.47. The molecule has 1 rings (SSSR count). The number of carbonyl (C=O) groups is 1. The van der Waals surface area contributed by atoms with Gasteiger partial charge in [-0.05, 0) is 13.8 Å². The lowest BCUT2D eigenvalue weighted by Gasteiger charge is -2.21. The Kier molecular flexibility index (Phi) is 4.07. The van der Waals surface area contributed by atoms with Crippen LogP contribution in [0, 0.1) is 5.92 Å². The normalized spacial score (nSPS) is 27.6. The zero-order valence-corrected chi connectivity index (χ0v) is 8.90. The van der Waals surface area contributed by atoms with Crippen LogP contribution in [-0.2, 0) is 14.3 Å².